The summed E-state index contributed by atoms with van der Waals surface area (Å²) in [6.45, 7) is 2.94. The first kappa shape index (κ1) is 14.3. The summed E-state index contributed by atoms with van der Waals surface area (Å²) in [5.41, 5.74) is 2.74. The van der Waals surface area contributed by atoms with E-state index in [1.165, 1.54) is 4.90 Å². The lowest BCUT2D eigenvalue weighted by Crippen LogP contribution is -2.52. The number of urea groups is 1. The molecule has 1 fully saturated rings. The summed E-state index contributed by atoms with van der Waals surface area (Å²) in [6, 6.07) is 17.1. The van der Waals surface area contributed by atoms with Crippen molar-refractivity contribution in [2.24, 2.45) is 0 Å². The Morgan fingerprint density at radius 3 is 2.50 bits per heavy atom. The molecule has 0 aromatic heterocycles. The molecule has 112 valence electrons. The Morgan fingerprint density at radius 1 is 1.00 bits per heavy atom. The third kappa shape index (κ3) is 2.86. The summed E-state index contributed by atoms with van der Waals surface area (Å²) in [5.74, 6) is -0.139. The fraction of sp³-hybridized carbons (Fsp3) is 0.222. The molecule has 22 heavy (non-hydrogen) atoms. The van der Waals surface area contributed by atoms with Gasteiger partial charge in [0.2, 0.25) is 5.91 Å². The first-order valence-electron chi connectivity index (χ1n) is 7.37. The minimum absolute atomic E-state index is 0.139. The van der Waals surface area contributed by atoms with Gasteiger partial charge in [-0.05, 0) is 30.2 Å². The molecule has 0 N–H and O–H groups in total. The molecule has 1 aliphatic rings. The van der Waals surface area contributed by atoms with Gasteiger partial charge in [0.1, 0.15) is 0 Å². The van der Waals surface area contributed by atoms with Crippen LogP contribution in [-0.2, 0) is 11.3 Å². The SMILES string of the molecule is Cc1cccc(N2C(=O)CCN(Cc3ccccc3)C2=O)c1. The van der Waals surface area contributed by atoms with Crippen molar-refractivity contribution in [2.45, 2.75) is 19.9 Å². The fourth-order valence-electron chi connectivity index (χ4n) is 2.66. The number of carbonyl (C=O) groups is 2. The number of carbonyl (C=O) groups excluding carboxylic acids is 2. The van der Waals surface area contributed by atoms with Gasteiger partial charge < -0.3 is 4.90 Å². The highest BCUT2D eigenvalue weighted by atomic mass is 16.2. The van der Waals surface area contributed by atoms with E-state index < -0.39 is 0 Å². The van der Waals surface area contributed by atoms with Crippen LogP contribution in [0.4, 0.5) is 10.5 Å². The van der Waals surface area contributed by atoms with Crippen LogP contribution in [0.3, 0.4) is 0 Å². The highest BCUT2D eigenvalue weighted by Crippen LogP contribution is 2.23. The van der Waals surface area contributed by atoms with Gasteiger partial charge in [-0.15, -0.1) is 0 Å². The van der Waals surface area contributed by atoms with Crippen molar-refractivity contribution in [1.82, 2.24) is 4.90 Å². The lowest BCUT2D eigenvalue weighted by molar-refractivity contribution is -0.119. The van der Waals surface area contributed by atoms with Gasteiger partial charge in [0.05, 0.1) is 5.69 Å². The second kappa shape index (κ2) is 6.02. The smallest absolute Gasteiger partial charge is 0.319 e. The van der Waals surface area contributed by atoms with Gasteiger partial charge in [0.25, 0.3) is 0 Å². The molecule has 1 aliphatic heterocycles. The van der Waals surface area contributed by atoms with Crippen LogP contribution in [-0.4, -0.2) is 23.4 Å². The lowest BCUT2D eigenvalue weighted by Gasteiger charge is -2.34. The number of hydrogen-bond acceptors (Lipinski definition) is 2. The average Bonchev–Trinajstić information content (AvgIpc) is 2.51. The van der Waals surface area contributed by atoms with E-state index in [1.54, 1.807) is 11.0 Å². The van der Waals surface area contributed by atoms with Crippen LogP contribution in [0.25, 0.3) is 0 Å². The number of nitrogens with zero attached hydrogens (tertiary/aromatic N) is 2. The van der Waals surface area contributed by atoms with Crippen LogP contribution in [0.5, 0.6) is 0 Å². The zero-order valence-electron chi connectivity index (χ0n) is 12.5. The molecule has 1 saturated heterocycles. The van der Waals surface area contributed by atoms with Gasteiger partial charge in [-0.25, -0.2) is 9.69 Å². The predicted octanol–water partition coefficient (Wildman–Crippen LogP) is 3.35. The Balaban J connectivity index is 1.84. The van der Waals surface area contributed by atoms with E-state index in [2.05, 4.69) is 0 Å². The fourth-order valence-corrected chi connectivity index (χ4v) is 2.66. The Kier molecular flexibility index (Phi) is 3.92. The van der Waals surface area contributed by atoms with Crippen molar-refractivity contribution >= 4 is 17.6 Å². The molecular weight excluding hydrogens is 276 g/mol. The summed E-state index contributed by atoms with van der Waals surface area (Å²) in [7, 11) is 0. The second-order valence-corrected chi connectivity index (χ2v) is 5.51. The van der Waals surface area contributed by atoms with Crippen molar-refractivity contribution in [3.63, 3.8) is 0 Å². The van der Waals surface area contributed by atoms with E-state index in [1.807, 2.05) is 55.5 Å². The molecular formula is C18H18N2O2. The maximum absolute atomic E-state index is 12.7. The summed E-state index contributed by atoms with van der Waals surface area (Å²) >= 11 is 0. The van der Waals surface area contributed by atoms with E-state index in [0.29, 0.717) is 25.2 Å². The molecule has 0 radical (unpaired) electrons. The van der Waals surface area contributed by atoms with Crippen LogP contribution < -0.4 is 4.90 Å². The zero-order chi connectivity index (χ0) is 15.5. The summed E-state index contributed by atoms with van der Waals surface area (Å²) in [4.78, 5) is 27.9. The van der Waals surface area contributed by atoms with Crippen molar-refractivity contribution in [3.05, 3.63) is 65.7 Å². The number of hydrogen-bond donors (Lipinski definition) is 0. The minimum Gasteiger partial charge on any atom is -0.319 e. The average molecular weight is 294 g/mol. The third-order valence-electron chi connectivity index (χ3n) is 3.78. The number of aryl methyl sites for hydroxylation is 1. The van der Waals surface area contributed by atoms with Crippen LogP contribution in [0.1, 0.15) is 17.5 Å². The van der Waals surface area contributed by atoms with E-state index in [9.17, 15) is 9.59 Å². The predicted molar refractivity (Wildman–Crippen MR) is 85.5 cm³/mol. The maximum Gasteiger partial charge on any atom is 0.331 e. The van der Waals surface area contributed by atoms with Gasteiger partial charge >= 0.3 is 6.03 Å². The molecule has 2 aromatic carbocycles. The van der Waals surface area contributed by atoms with Crippen molar-refractivity contribution in [2.75, 3.05) is 11.4 Å². The topological polar surface area (TPSA) is 40.6 Å². The van der Waals surface area contributed by atoms with Crippen molar-refractivity contribution < 1.29 is 9.59 Å². The normalized spacial score (nSPS) is 15.3. The number of anilines is 1. The Morgan fingerprint density at radius 2 is 1.77 bits per heavy atom. The lowest BCUT2D eigenvalue weighted by atomic mass is 10.1. The standard InChI is InChI=1S/C18H18N2O2/c1-14-6-5-9-16(12-14)20-17(21)10-11-19(18(20)22)13-15-7-3-2-4-8-15/h2-9,12H,10-11,13H2,1H3. The molecule has 1 heterocycles. The molecule has 0 aliphatic carbocycles. The molecule has 4 nitrogen and oxygen atoms in total. The number of benzene rings is 2. The molecule has 3 rings (SSSR count). The van der Waals surface area contributed by atoms with Gasteiger partial charge in [0, 0.05) is 19.5 Å². The van der Waals surface area contributed by atoms with Crippen LogP contribution in [0.2, 0.25) is 0 Å². The quantitative estimate of drug-likeness (QED) is 0.871. The number of imide groups is 1. The molecule has 0 unspecified atom stereocenters. The van der Waals surface area contributed by atoms with Crippen LogP contribution in [0.15, 0.2) is 54.6 Å². The van der Waals surface area contributed by atoms with E-state index in [0.717, 1.165) is 11.1 Å². The summed E-state index contributed by atoms with van der Waals surface area (Å²) in [6.07, 6.45) is 0.354. The summed E-state index contributed by atoms with van der Waals surface area (Å²) in [5, 5.41) is 0. The monoisotopic (exact) mass is 294 g/mol. The summed E-state index contributed by atoms with van der Waals surface area (Å²) < 4.78 is 0. The van der Waals surface area contributed by atoms with E-state index in [-0.39, 0.29) is 11.9 Å². The Hall–Kier alpha value is -2.62. The zero-order valence-corrected chi connectivity index (χ0v) is 12.5. The van der Waals surface area contributed by atoms with Gasteiger partial charge in [-0.3, -0.25) is 4.79 Å². The number of amides is 3. The number of rotatable bonds is 3. The molecule has 0 atom stereocenters. The van der Waals surface area contributed by atoms with Crippen molar-refractivity contribution in [3.8, 4) is 0 Å². The highest BCUT2D eigenvalue weighted by Gasteiger charge is 2.33. The molecule has 3 amide bonds. The minimum atomic E-state index is -0.245. The Bertz CT molecular complexity index is 697. The third-order valence-corrected chi connectivity index (χ3v) is 3.78. The van der Waals surface area contributed by atoms with Crippen LogP contribution in [0, 0.1) is 6.92 Å². The molecule has 0 bridgehead atoms. The van der Waals surface area contributed by atoms with Gasteiger partial charge in [-0.1, -0.05) is 42.5 Å². The highest BCUT2D eigenvalue weighted by molar-refractivity contribution is 6.15. The van der Waals surface area contributed by atoms with Gasteiger partial charge in [0.15, 0.2) is 0 Å². The molecule has 2 aromatic rings. The molecule has 0 saturated carbocycles. The van der Waals surface area contributed by atoms with E-state index in [4.69, 9.17) is 0 Å². The maximum atomic E-state index is 12.7. The van der Waals surface area contributed by atoms with Gasteiger partial charge in [-0.2, -0.15) is 0 Å². The second-order valence-electron chi connectivity index (χ2n) is 5.51. The van der Waals surface area contributed by atoms with Crippen molar-refractivity contribution in [1.29, 1.82) is 0 Å². The van der Waals surface area contributed by atoms with E-state index >= 15 is 0 Å². The molecule has 0 spiro atoms. The first-order chi connectivity index (χ1) is 10.6. The molecule has 4 heteroatoms. The Labute approximate surface area is 130 Å². The van der Waals surface area contributed by atoms with Crippen LogP contribution >= 0.6 is 0 Å². The first-order valence-corrected chi connectivity index (χ1v) is 7.37. The largest absolute Gasteiger partial charge is 0.331 e.